The van der Waals surface area contributed by atoms with Crippen molar-refractivity contribution in [2.24, 2.45) is 0 Å². The van der Waals surface area contributed by atoms with Gasteiger partial charge in [0, 0.05) is 49.3 Å². The molecule has 0 bridgehead atoms. The molecule has 0 saturated carbocycles. The van der Waals surface area contributed by atoms with Crippen molar-refractivity contribution in [3.05, 3.63) is 84.1 Å². The first-order valence-corrected chi connectivity index (χ1v) is 9.58. The van der Waals surface area contributed by atoms with Gasteiger partial charge in [-0.15, -0.1) is 0 Å². The average molecular weight is 372 g/mol. The van der Waals surface area contributed by atoms with Crippen LogP contribution in [0.15, 0.2) is 72.9 Å². The SMILES string of the molecule is Cc1cccc(Nc2cc(C(=O)N3CCN(c4ccccc4)CC3)ccn2)c1. The number of aromatic nitrogens is 1. The minimum Gasteiger partial charge on any atom is -0.368 e. The van der Waals surface area contributed by atoms with Crippen LogP contribution in [0, 0.1) is 6.92 Å². The number of anilines is 3. The Labute approximate surface area is 165 Å². The monoisotopic (exact) mass is 372 g/mol. The van der Waals surface area contributed by atoms with Crippen molar-refractivity contribution in [3.63, 3.8) is 0 Å². The maximum atomic E-state index is 13.0. The van der Waals surface area contributed by atoms with E-state index in [1.807, 2.05) is 54.3 Å². The van der Waals surface area contributed by atoms with Crippen LogP contribution in [-0.4, -0.2) is 42.0 Å². The third kappa shape index (κ3) is 4.14. The van der Waals surface area contributed by atoms with Gasteiger partial charge in [-0.25, -0.2) is 4.98 Å². The van der Waals surface area contributed by atoms with Gasteiger partial charge in [0.15, 0.2) is 0 Å². The Morgan fingerprint density at radius 3 is 2.46 bits per heavy atom. The van der Waals surface area contributed by atoms with Crippen molar-refractivity contribution in [2.45, 2.75) is 6.92 Å². The van der Waals surface area contributed by atoms with Crippen molar-refractivity contribution in [2.75, 3.05) is 36.4 Å². The minimum absolute atomic E-state index is 0.0578. The van der Waals surface area contributed by atoms with Gasteiger partial charge in [-0.1, -0.05) is 30.3 Å². The van der Waals surface area contributed by atoms with Gasteiger partial charge in [0.25, 0.3) is 5.91 Å². The quantitative estimate of drug-likeness (QED) is 0.749. The number of hydrogen-bond acceptors (Lipinski definition) is 4. The van der Waals surface area contributed by atoms with Crippen molar-refractivity contribution in [3.8, 4) is 0 Å². The molecule has 1 aromatic heterocycles. The number of piperazine rings is 1. The summed E-state index contributed by atoms with van der Waals surface area (Å²) in [7, 11) is 0. The lowest BCUT2D eigenvalue weighted by Gasteiger charge is -2.36. The van der Waals surface area contributed by atoms with Gasteiger partial charge in [-0.3, -0.25) is 4.79 Å². The maximum absolute atomic E-state index is 13.0. The van der Waals surface area contributed by atoms with Crippen LogP contribution in [0.2, 0.25) is 0 Å². The van der Waals surface area contributed by atoms with E-state index in [0.29, 0.717) is 11.4 Å². The van der Waals surface area contributed by atoms with Crippen LogP contribution in [0.1, 0.15) is 15.9 Å². The van der Waals surface area contributed by atoms with E-state index in [2.05, 4.69) is 33.4 Å². The zero-order chi connectivity index (χ0) is 19.3. The maximum Gasteiger partial charge on any atom is 0.254 e. The van der Waals surface area contributed by atoms with E-state index >= 15 is 0 Å². The van der Waals surface area contributed by atoms with Gasteiger partial charge in [0.2, 0.25) is 0 Å². The number of hydrogen-bond donors (Lipinski definition) is 1. The molecular formula is C23H24N4O. The van der Waals surface area contributed by atoms with Gasteiger partial charge < -0.3 is 15.1 Å². The molecule has 2 aromatic carbocycles. The first-order valence-electron chi connectivity index (χ1n) is 9.58. The Balaban J connectivity index is 1.41. The molecule has 28 heavy (non-hydrogen) atoms. The Hall–Kier alpha value is -3.34. The van der Waals surface area contributed by atoms with Gasteiger partial charge in [-0.05, 0) is 48.9 Å². The highest BCUT2D eigenvalue weighted by molar-refractivity contribution is 5.95. The smallest absolute Gasteiger partial charge is 0.254 e. The van der Waals surface area contributed by atoms with E-state index in [1.165, 1.54) is 11.3 Å². The molecule has 0 aliphatic carbocycles. The molecule has 1 N–H and O–H groups in total. The zero-order valence-electron chi connectivity index (χ0n) is 16.0. The zero-order valence-corrected chi connectivity index (χ0v) is 16.0. The molecule has 1 aliphatic rings. The second kappa shape index (κ2) is 8.13. The number of nitrogens with one attached hydrogen (secondary N) is 1. The highest BCUT2D eigenvalue weighted by atomic mass is 16.2. The van der Waals surface area contributed by atoms with Gasteiger partial charge in [0.05, 0.1) is 0 Å². The minimum atomic E-state index is 0.0578. The summed E-state index contributed by atoms with van der Waals surface area (Å²) in [6.45, 7) is 5.17. The summed E-state index contributed by atoms with van der Waals surface area (Å²) in [6, 6.07) is 22.1. The molecule has 5 nitrogen and oxygen atoms in total. The summed E-state index contributed by atoms with van der Waals surface area (Å²) in [5.74, 6) is 0.738. The topological polar surface area (TPSA) is 48.5 Å². The normalized spacial score (nSPS) is 14.0. The summed E-state index contributed by atoms with van der Waals surface area (Å²) < 4.78 is 0. The Morgan fingerprint density at radius 1 is 0.929 bits per heavy atom. The number of pyridine rings is 1. The molecule has 1 aliphatic heterocycles. The fourth-order valence-corrected chi connectivity index (χ4v) is 3.49. The van der Waals surface area contributed by atoms with Crippen molar-refractivity contribution >= 4 is 23.1 Å². The predicted molar refractivity (Wildman–Crippen MR) is 113 cm³/mol. The van der Waals surface area contributed by atoms with Crippen LogP contribution >= 0.6 is 0 Å². The predicted octanol–water partition coefficient (Wildman–Crippen LogP) is 4.10. The van der Waals surface area contributed by atoms with Crippen LogP contribution in [0.25, 0.3) is 0 Å². The molecule has 1 saturated heterocycles. The average Bonchev–Trinajstić information content (AvgIpc) is 2.74. The largest absolute Gasteiger partial charge is 0.368 e. The first kappa shape index (κ1) is 18.0. The van der Waals surface area contributed by atoms with E-state index in [0.717, 1.165) is 31.9 Å². The number of amides is 1. The number of carbonyl (C=O) groups excluding carboxylic acids is 1. The van der Waals surface area contributed by atoms with Crippen LogP contribution < -0.4 is 10.2 Å². The molecular weight excluding hydrogens is 348 g/mol. The van der Waals surface area contributed by atoms with Crippen molar-refractivity contribution < 1.29 is 4.79 Å². The summed E-state index contributed by atoms with van der Waals surface area (Å²) >= 11 is 0. The Bertz CT molecular complexity index is 950. The van der Waals surface area contributed by atoms with Crippen molar-refractivity contribution in [1.82, 2.24) is 9.88 Å². The summed E-state index contributed by atoms with van der Waals surface area (Å²) in [5, 5.41) is 3.28. The number of aryl methyl sites for hydroxylation is 1. The number of benzene rings is 2. The fourth-order valence-electron chi connectivity index (χ4n) is 3.49. The Morgan fingerprint density at radius 2 is 1.71 bits per heavy atom. The van der Waals surface area contributed by atoms with E-state index in [1.54, 1.807) is 12.3 Å². The molecule has 1 amide bonds. The molecule has 4 rings (SSSR count). The van der Waals surface area contributed by atoms with Crippen LogP contribution in [0.3, 0.4) is 0 Å². The molecule has 1 fully saturated rings. The molecule has 0 unspecified atom stereocenters. The van der Waals surface area contributed by atoms with Crippen molar-refractivity contribution in [1.29, 1.82) is 0 Å². The summed E-state index contributed by atoms with van der Waals surface area (Å²) in [4.78, 5) is 21.5. The van der Waals surface area contributed by atoms with Gasteiger partial charge in [0.1, 0.15) is 5.82 Å². The molecule has 5 heteroatoms. The van der Waals surface area contributed by atoms with Gasteiger partial charge >= 0.3 is 0 Å². The third-order valence-electron chi connectivity index (χ3n) is 4.99. The fraction of sp³-hybridized carbons (Fsp3) is 0.217. The standard InChI is InChI=1S/C23H24N4O/c1-18-6-5-7-20(16-18)25-22-17-19(10-11-24-22)23(28)27-14-12-26(13-15-27)21-8-3-2-4-9-21/h2-11,16-17H,12-15H2,1H3,(H,24,25). The van der Waals surface area contributed by atoms with E-state index in [4.69, 9.17) is 0 Å². The van der Waals surface area contributed by atoms with Crippen LogP contribution in [-0.2, 0) is 0 Å². The van der Waals surface area contributed by atoms with Crippen LogP contribution in [0.4, 0.5) is 17.2 Å². The lowest BCUT2D eigenvalue weighted by atomic mass is 10.2. The van der Waals surface area contributed by atoms with Crippen LogP contribution in [0.5, 0.6) is 0 Å². The highest BCUT2D eigenvalue weighted by Gasteiger charge is 2.22. The molecule has 2 heterocycles. The number of nitrogens with zero attached hydrogens (tertiary/aromatic N) is 3. The second-order valence-electron chi connectivity index (χ2n) is 7.04. The lowest BCUT2D eigenvalue weighted by Crippen LogP contribution is -2.48. The second-order valence-corrected chi connectivity index (χ2v) is 7.04. The number of rotatable bonds is 4. The molecule has 0 spiro atoms. The van der Waals surface area contributed by atoms with E-state index in [-0.39, 0.29) is 5.91 Å². The Kier molecular flexibility index (Phi) is 5.24. The molecule has 0 atom stereocenters. The van der Waals surface area contributed by atoms with Gasteiger partial charge in [-0.2, -0.15) is 0 Å². The number of para-hydroxylation sites is 1. The lowest BCUT2D eigenvalue weighted by molar-refractivity contribution is 0.0746. The third-order valence-corrected chi connectivity index (χ3v) is 4.99. The molecule has 0 radical (unpaired) electrons. The molecule has 142 valence electrons. The highest BCUT2D eigenvalue weighted by Crippen LogP contribution is 2.19. The molecule has 3 aromatic rings. The van der Waals surface area contributed by atoms with E-state index in [9.17, 15) is 4.79 Å². The first-order chi connectivity index (χ1) is 13.7. The summed E-state index contributed by atoms with van der Waals surface area (Å²) in [6.07, 6.45) is 1.69. The van der Waals surface area contributed by atoms with E-state index < -0.39 is 0 Å². The summed E-state index contributed by atoms with van der Waals surface area (Å²) in [5.41, 5.74) is 4.02. The number of carbonyl (C=O) groups is 1.